The molecule has 2 unspecified atom stereocenters. The first-order valence-corrected chi connectivity index (χ1v) is 9.78. The molecule has 0 spiro atoms. The summed E-state index contributed by atoms with van der Waals surface area (Å²) in [4.78, 5) is 26.8. The molecular formula is C25H19NO4. The van der Waals surface area contributed by atoms with Gasteiger partial charge in [-0.05, 0) is 29.3 Å². The van der Waals surface area contributed by atoms with Gasteiger partial charge in [0.2, 0.25) is 0 Å². The largest absolute Gasteiger partial charge is 0.488 e. The number of carbonyl (C=O) groups is 2. The summed E-state index contributed by atoms with van der Waals surface area (Å²) in [5.74, 6) is -0.124. The predicted octanol–water partition coefficient (Wildman–Crippen LogP) is 3.99. The number of rotatable bonds is 4. The molecule has 5 nitrogen and oxygen atoms in total. The van der Waals surface area contributed by atoms with E-state index in [2.05, 4.69) is 0 Å². The summed E-state index contributed by atoms with van der Waals surface area (Å²) in [6.45, 7) is 0.406. The minimum Gasteiger partial charge on any atom is -0.488 e. The van der Waals surface area contributed by atoms with Crippen LogP contribution in [0.15, 0.2) is 78.9 Å². The van der Waals surface area contributed by atoms with Crippen molar-refractivity contribution in [2.75, 3.05) is 0 Å². The molecule has 1 aliphatic heterocycles. The lowest BCUT2D eigenvalue weighted by molar-refractivity contribution is 0.0425. The van der Waals surface area contributed by atoms with Crippen LogP contribution in [0.5, 0.6) is 5.75 Å². The van der Waals surface area contributed by atoms with Gasteiger partial charge in [0.15, 0.2) is 0 Å². The summed E-state index contributed by atoms with van der Waals surface area (Å²) in [6.07, 6.45) is 2.48. The van der Waals surface area contributed by atoms with Crippen LogP contribution in [0, 0.1) is 0 Å². The maximum atomic E-state index is 12.8. The molecule has 0 saturated carbocycles. The third kappa shape index (κ3) is 2.91. The van der Waals surface area contributed by atoms with Crippen LogP contribution in [-0.2, 0) is 6.61 Å². The SMILES string of the molecule is O=C1c2ccccc2C(=O)N1C1C=Cc2c(OCc3ccccc3)cccc2C1O. The predicted molar refractivity (Wildman–Crippen MR) is 112 cm³/mol. The number of benzene rings is 3. The van der Waals surface area contributed by atoms with Crippen molar-refractivity contribution in [2.24, 2.45) is 0 Å². The molecule has 0 aromatic heterocycles. The monoisotopic (exact) mass is 397 g/mol. The van der Waals surface area contributed by atoms with Gasteiger partial charge in [-0.15, -0.1) is 0 Å². The topological polar surface area (TPSA) is 66.8 Å². The van der Waals surface area contributed by atoms with Gasteiger partial charge in [-0.1, -0.05) is 66.7 Å². The van der Waals surface area contributed by atoms with Crippen LogP contribution >= 0.6 is 0 Å². The van der Waals surface area contributed by atoms with E-state index >= 15 is 0 Å². The summed E-state index contributed by atoms with van der Waals surface area (Å²) in [5.41, 5.74) is 3.17. The zero-order valence-electron chi connectivity index (χ0n) is 16.1. The van der Waals surface area contributed by atoms with E-state index in [-0.39, 0.29) is 11.8 Å². The molecular weight excluding hydrogens is 378 g/mol. The van der Waals surface area contributed by atoms with E-state index in [4.69, 9.17) is 4.74 Å². The lowest BCUT2D eigenvalue weighted by Gasteiger charge is -2.32. The Morgan fingerprint density at radius 2 is 1.50 bits per heavy atom. The number of carbonyl (C=O) groups excluding carboxylic acids is 2. The van der Waals surface area contributed by atoms with Gasteiger partial charge in [-0.3, -0.25) is 14.5 Å². The molecule has 1 N–H and O–H groups in total. The number of aliphatic hydroxyl groups excluding tert-OH is 1. The number of fused-ring (bicyclic) bond motifs is 2. The van der Waals surface area contributed by atoms with Crippen molar-refractivity contribution in [3.63, 3.8) is 0 Å². The first kappa shape index (κ1) is 18.3. The van der Waals surface area contributed by atoms with E-state index in [0.717, 1.165) is 16.0 Å². The molecule has 30 heavy (non-hydrogen) atoms. The molecule has 5 rings (SSSR count). The number of hydrogen-bond donors (Lipinski definition) is 1. The quantitative estimate of drug-likeness (QED) is 0.676. The van der Waals surface area contributed by atoms with Gasteiger partial charge < -0.3 is 9.84 Å². The van der Waals surface area contributed by atoms with Gasteiger partial charge in [0.05, 0.1) is 17.2 Å². The zero-order valence-corrected chi connectivity index (χ0v) is 16.1. The number of hydrogen-bond acceptors (Lipinski definition) is 4. The van der Waals surface area contributed by atoms with Crippen molar-refractivity contribution in [2.45, 2.75) is 18.8 Å². The number of imide groups is 1. The molecule has 0 bridgehead atoms. The van der Waals surface area contributed by atoms with E-state index in [1.54, 1.807) is 42.5 Å². The Morgan fingerprint density at radius 1 is 0.833 bits per heavy atom. The Hall–Kier alpha value is -3.70. The van der Waals surface area contributed by atoms with Crippen LogP contribution in [0.4, 0.5) is 0 Å². The van der Waals surface area contributed by atoms with Crippen LogP contribution in [0.3, 0.4) is 0 Å². The zero-order chi connectivity index (χ0) is 20.7. The third-order valence-electron chi connectivity index (χ3n) is 5.56. The average molecular weight is 397 g/mol. The second-order valence-electron chi connectivity index (χ2n) is 7.35. The molecule has 0 radical (unpaired) electrons. The van der Waals surface area contributed by atoms with Gasteiger partial charge in [0.1, 0.15) is 18.5 Å². The van der Waals surface area contributed by atoms with Crippen molar-refractivity contribution >= 4 is 17.9 Å². The highest BCUT2D eigenvalue weighted by Crippen LogP contribution is 2.38. The van der Waals surface area contributed by atoms with Crippen molar-refractivity contribution in [1.29, 1.82) is 0 Å². The molecule has 1 aliphatic carbocycles. The molecule has 3 aromatic carbocycles. The van der Waals surface area contributed by atoms with Crippen LogP contribution in [-0.4, -0.2) is 27.9 Å². The van der Waals surface area contributed by atoms with Crippen molar-refractivity contribution in [1.82, 2.24) is 4.90 Å². The second-order valence-corrected chi connectivity index (χ2v) is 7.35. The molecule has 2 aliphatic rings. The van der Waals surface area contributed by atoms with Crippen LogP contribution < -0.4 is 4.74 Å². The fraction of sp³-hybridized carbons (Fsp3) is 0.120. The Labute approximate surface area is 173 Å². The summed E-state index contributed by atoms with van der Waals surface area (Å²) < 4.78 is 5.98. The third-order valence-corrected chi connectivity index (χ3v) is 5.56. The first-order chi connectivity index (χ1) is 14.6. The highest BCUT2D eigenvalue weighted by Gasteiger charge is 2.43. The number of nitrogens with zero attached hydrogens (tertiary/aromatic N) is 1. The summed E-state index contributed by atoms with van der Waals surface area (Å²) >= 11 is 0. The maximum absolute atomic E-state index is 12.8. The summed E-state index contributed by atoms with van der Waals surface area (Å²) in [5, 5.41) is 11.1. The number of amides is 2. The standard InChI is InChI=1S/C25H19NO4/c27-23-18-11-6-12-22(30-15-16-7-2-1-3-8-16)17(18)13-14-21(23)26-24(28)19-9-4-5-10-20(19)25(26)29/h1-14,21,23,27H,15H2. The average Bonchev–Trinajstić information content (AvgIpc) is 3.04. The lowest BCUT2D eigenvalue weighted by Crippen LogP contribution is -2.43. The van der Waals surface area contributed by atoms with Gasteiger partial charge >= 0.3 is 0 Å². The smallest absolute Gasteiger partial charge is 0.262 e. The summed E-state index contributed by atoms with van der Waals surface area (Å²) in [6, 6.07) is 21.2. The van der Waals surface area contributed by atoms with Gasteiger partial charge in [0.25, 0.3) is 11.8 Å². The molecule has 0 saturated heterocycles. The molecule has 2 amide bonds. The highest BCUT2D eigenvalue weighted by molar-refractivity contribution is 6.21. The molecule has 2 atom stereocenters. The molecule has 1 heterocycles. The van der Waals surface area contributed by atoms with E-state index < -0.39 is 12.1 Å². The Bertz CT molecular complexity index is 1130. The molecule has 148 valence electrons. The maximum Gasteiger partial charge on any atom is 0.262 e. The van der Waals surface area contributed by atoms with E-state index in [9.17, 15) is 14.7 Å². The second kappa shape index (κ2) is 7.28. The number of ether oxygens (including phenoxy) is 1. The van der Waals surface area contributed by atoms with Gasteiger partial charge in [-0.25, -0.2) is 0 Å². The summed E-state index contributed by atoms with van der Waals surface area (Å²) in [7, 11) is 0. The van der Waals surface area contributed by atoms with Crippen LogP contribution in [0.2, 0.25) is 0 Å². The van der Waals surface area contributed by atoms with Crippen LogP contribution in [0.1, 0.15) is 43.5 Å². The fourth-order valence-corrected chi connectivity index (χ4v) is 4.05. The van der Waals surface area contributed by atoms with Crippen molar-refractivity contribution in [3.05, 3.63) is 107 Å². The van der Waals surface area contributed by atoms with E-state index in [1.807, 2.05) is 42.5 Å². The minimum absolute atomic E-state index is 0.369. The van der Waals surface area contributed by atoms with Gasteiger partial charge in [0, 0.05) is 5.56 Å². The first-order valence-electron chi connectivity index (χ1n) is 9.78. The highest BCUT2D eigenvalue weighted by atomic mass is 16.5. The van der Waals surface area contributed by atoms with Crippen molar-refractivity contribution < 1.29 is 19.4 Å². The van der Waals surface area contributed by atoms with E-state index in [1.165, 1.54) is 0 Å². The molecule has 5 heteroatoms. The Kier molecular flexibility index (Phi) is 4.45. The Morgan fingerprint density at radius 3 is 2.20 bits per heavy atom. The minimum atomic E-state index is -1.03. The van der Waals surface area contributed by atoms with Crippen molar-refractivity contribution in [3.8, 4) is 5.75 Å². The molecule has 3 aromatic rings. The molecule has 0 fully saturated rings. The normalized spacial score (nSPS) is 19.6. The lowest BCUT2D eigenvalue weighted by atomic mass is 9.90. The van der Waals surface area contributed by atoms with Crippen LogP contribution in [0.25, 0.3) is 6.08 Å². The fourth-order valence-electron chi connectivity index (χ4n) is 4.05. The Balaban J connectivity index is 1.43. The number of aliphatic hydroxyl groups is 1. The van der Waals surface area contributed by atoms with E-state index in [0.29, 0.717) is 29.0 Å². The van der Waals surface area contributed by atoms with Gasteiger partial charge in [-0.2, -0.15) is 0 Å².